The van der Waals surface area contributed by atoms with Crippen molar-refractivity contribution in [1.82, 2.24) is 4.72 Å². The van der Waals surface area contributed by atoms with E-state index in [4.69, 9.17) is 11.6 Å². The highest BCUT2D eigenvalue weighted by Gasteiger charge is 2.24. The molecule has 5 heteroatoms. The highest BCUT2D eigenvalue weighted by molar-refractivity contribution is 7.89. The topological polar surface area (TPSA) is 46.2 Å². The Morgan fingerprint density at radius 1 is 0.846 bits per heavy atom. The van der Waals surface area contributed by atoms with Crippen LogP contribution in [0.15, 0.2) is 77.8 Å². The van der Waals surface area contributed by atoms with E-state index >= 15 is 0 Å². The highest BCUT2D eigenvalue weighted by atomic mass is 35.5. The third-order valence-electron chi connectivity index (χ3n) is 4.47. The summed E-state index contributed by atoms with van der Waals surface area (Å²) >= 11 is 6.17. The average molecular weight is 382 g/mol. The molecule has 0 saturated carbocycles. The molecule has 0 fully saturated rings. The second kappa shape index (κ2) is 6.31. The Kier molecular flexibility index (Phi) is 4.10. The Balaban J connectivity index is 1.78. The number of nitrogens with one attached hydrogen (secondary N) is 1. The quantitative estimate of drug-likeness (QED) is 0.543. The first kappa shape index (κ1) is 16.9. The number of sulfonamides is 1. The van der Waals surface area contributed by atoms with Crippen LogP contribution < -0.4 is 4.72 Å². The van der Waals surface area contributed by atoms with Gasteiger partial charge in [-0.1, -0.05) is 59.6 Å². The zero-order valence-electron chi connectivity index (χ0n) is 14.0. The van der Waals surface area contributed by atoms with E-state index in [1.165, 1.54) is 0 Å². The van der Waals surface area contributed by atoms with Crippen LogP contribution in [0.25, 0.3) is 16.7 Å². The molecule has 0 heterocycles. The van der Waals surface area contributed by atoms with Crippen molar-refractivity contribution in [2.45, 2.75) is 11.8 Å². The first-order chi connectivity index (χ1) is 12.5. The van der Waals surface area contributed by atoms with Gasteiger partial charge in [0.25, 0.3) is 10.0 Å². The number of rotatable bonds is 3. The Bertz CT molecular complexity index is 1130. The number of benzene rings is 3. The summed E-state index contributed by atoms with van der Waals surface area (Å²) in [7, 11) is -3.64. The molecule has 26 heavy (non-hydrogen) atoms. The highest BCUT2D eigenvalue weighted by Crippen LogP contribution is 2.44. The van der Waals surface area contributed by atoms with E-state index < -0.39 is 10.0 Å². The van der Waals surface area contributed by atoms with Crippen molar-refractivity contribution < 1.29 is 8.42 Å². The minimum absolute atomic E-state index is 0.234. The molecule has 3 aromatic carbocycles. The number of aryl methyl sites for hydroxylation is 1. The first-order valence-electron chi connectivity index (χ1n) is 8.14. The molecule has 0 bridgehead atoms. The van der Waals surface area contributed by atoms with Crippen LogP contribution >= 0.6 is 11.6 Å². The second-order valence-corrected chi connectivity index (χ2v) is 8.38. The lowest BCUT2D eigenvalue weighted by molar-refractivity contribution is 0.590. The molecule has 1 aliphatic rings. The summed E-state index contributed by atoms with van der Waals surface area (Å²) in [6.07, 6.45) is 1.55. The van der Waals surface area contributed by atoms with Gasteiger partial charge in [-0.05, 0) is 53.4 Å². The van der Waals surface area contributed by atoms with Gasteiger partial charge < -0.3 is 0 Å². The maximum absolute atomic E-state index is 12.6. The number of hydrogen-bond donors (Lipinski definition) is 1. The summed E-state index contributed by atoms with van der Waals surface area (Å²) < 4.78 is 27.8. The van der Waals surface area contributed by atoms with Gasteiger partial charge in [0.2, 0.25) is 0 Å². The van der Waals surface area contributed by atoms with E-state index in [-0.39, 0.29) is 4.90 Å². The lowest BCUT2D eigenvalue weighted by atomic mass is 10.1. The Hall–Kier alpha value is -2.56. The monoisotopic (exact) mass is 381 g/mol. The molecule has 0 aliphatic heterocycles. The van der Waals surface area contributed by atoms with Crippen LogP contribution in [0.5, 0.6) is 0 Å². The van der Waals surface area contributed by atoms with E-state index in [9.17, 15) is 8.42 Å². The standard InChI is InChI=1S/C21H16ClNO2S/c1-14-6-9-16(10-7-14)26(24,25)23-13-21-18-5-3-2-4-17(18)19-11-8-15(22)12-20(19)21/h2-13,23H,1H3. The van der Waals surface area contributed by atoms with Crippen LogP contribution in [-0.2, 0) is 10.0 Å². The fourth-order valence-electron chi connectivity index (χ4n) is 3.15. The third-order valence-corrected chi connectivity index (χ3v) is 6.02. The minimum atomic E-state index is -3.64. The second-order valence-electron chi connectivity index (χ2n) is 6.23. The lowest BCUT2D eigenvalue weighted by Crippen LogP contribution is -2.18. The normalized spacial score (nSPS) is 14.2. The van der Waals surface area contributed by atoms with Crippen LogP contribution in [0.2, 0.25) is 5.02 Å². The van der Waals surface area contributed by atoms with Gasteiger partial charge in [-0.2, -0.15) is 0 Å². The maximum atomic E-state index is 12.6. The van der Waals surface area contributed by atoms with Gasteiger partial charge in [-0.3, -0.25) is 4.72 Å². The van der Waals surface area contributed by atoms with Gasteiger partial charge in [0.05, 0.1) is 4.90 Å². The summed E-state index contributed by atoms with van der Waals surface area (Å²) in [6.45, 7) is 1.92. The SMILES string of the molecule is Cc1ccc(S(=O)(=O)NC=C2c3ccccc3-c3ccc(Cl)cc32)cc1. The molecule has 3 aromatic rings. The van der Waals surface area contributed by atoms with E-state index in [1.54, 1.807) is 30.5 Å². The van der Waals surface area contributed by atoms with Gasteiger partial charge in [-0.25, -0.2) is 8.42 Å². The van der Waals surface area contributed by atoms with Gasteiger partial charge >= 0.3 is 0 Å². The molecule has 0 amide bonds. The Morgan fingerprint density at radius 2 is 1.50 bits per heavy atom. The Labute approximate surface area is 158 Å². The predicted octanol–water partition coefficient (Wildman–Crippen LogP) is 5.00. The van der Waals surface area contributed by atoms with Gasteiger partial charge in [0.1, 0.15) is 0 Å². The maximum Gasteiger partial charge on any atom is 0.261 e. The fourth-order valence-corrected chi connectivity index (χ4v) is 4.23. The number of fused-ring (bicyclic) bond motifs is 3. The van der Waals surface area contributed by atoms with E-state index in [0.717, 1.165) is 33.4 Å². The van der Waals surface area contributed by atoms with E-state index in [1.807, 2.05) is 49.4 Å². The average Bonchev–Trinajstić information content (AvgIpc) is 2.93. The molecule has 0 radical (unpaired) electrons. The molecule has 0 unspecified atom stereocenters. The zero-order chi connectivity index (χ0) is 18.3. The molecule has 0 spiro atoms. The summed E-state index contributed by atoms with van der Waals surface area (Å²) in [5.41, 5.74) is 5.84. The molecule has 1 N–H and O–H groups in total. The van der Waals surface area contributed by atoms with Crippen molar-refractivity contribution in [2.24, 2.45) is 0 Å². The van der Waals surface area contributed by atoms with Crippen LogP contribution in [0.1, 0.15) is 16.7 Å². The number of halogens is 1. The van der Waals surface area contributed by atoms with Gasteiger partial charge in [0.15, 0.2) is 0 Å². The van der Waals surface area contributed by atoms with Crippen molar-refractivity contribution in [3.63, 3.8) is 0 Å². The van der Waals surface area contributed by atoms with Gasteiger partial charge in [0, 0.05) is 16.8 Å². The van der Waals surface area contributed by atoms with E-state index in [2.05, 4.69) is 4.72 Å². The third kappa shape index (κ3) is 2.91. The molecular weight excluding hydrogens is 366 g/mol. The molecule has 4 rings (SSSR count). The molecule has 0 saturated heterocycles. The molecule has 0 aromatic heterocycles. The van der Waals surface area contributed by atoms with Gasteiger partial charge in [-0.15, -0.1) is 0 Å². The summed E-state index contributed by atoms with van der Waals surface area (Å²) in [6, 6.07) is 20.3. The minimum Gasteiger partial charge on any atom is -0.286 e. The predicted molar refractivity (Wildman–Crippen MR) is 105 cm³/mol. The summed E-state index contributed by atoms with van der Waals surface area (Å²) in [5, 5.41) is 0.615. The molecule has 1 aliphatic carbocycles. The van der Waals surface area contributed by atoms with Crippen LogP contribution in [0.4, 0.5) is 0 Å². The van der Waals surface area contributed by atoms with Crippen molar-refractivity contribution >= 4 is 27.2 Å². The molecule has 130 valence electrons. The van der Waals surface area contributed by atoms with Crippen molar-refractivity contribution in [3.8, 4) is 11.1 Å². The van der Waals surface area contributed by atoms with Crippen molar-refractivity contribution in [3.05, 3.63) is 94.6 Å². The molecule has 3 nitrogen and oxygen atoms in total. The summed E-state index contributed by atoms with van der Waals surface area (Å²) in [5.74, 6) is 0. The Morgan fingerprint density at radius 3 is 2.23 bits per heavy atom. The lowest BCUT2D eigenvalue weighted by Gasteiger charge is -2.07. The van der Waals surface area contributed by atoms with E-state index in [0.29, 0.717) is 5.02 Å². The fraction of sp³-hybridized carbons (Fsp3) is 0.0476. The molecule has 0 atom stereocenters. The van der Waals surface area contributed by atoms with Crippen LogP contribution in [0, 0.1) is 6.92 Å². The first-order valence-corrected chi connectivity index (χ1v) is 10.0. The molecular formula is C21H16ClNO2S. The van der Waals surface area contributed by atoms with Crippen molar-refractivity contribution in [2.75, 3.05) is 0 Å². The number of hydrogen-bond acceptors (Lipinski definition) is 2. The summed E-state index contributed by atoms with van der Waals surface area (Å²) in [4.78, 5) is 0.234. The zero-order valence-corrected chi connectivity index (χ0v) is 15.6. The largest absolute Gasteiger partial charge is 0.286 e. The van der Waals surface area contributed by atoms with Crippen LogP contribution in [-0.4, -0.2) is 8.42 Å². The van der Waals surface area contributed by atoms with Crippen molar-refractivity contribution in [1.29, 1.82) is 0 Å². The van der Waals surface area contributed by atoms with Crippen LogP contribution in [0.3, 0.4) is 0 Å². The smallest absolute Gasteiger partial charge is 0.261 e.